The number of rotatable bonds is 5. The summed E-state index contributed by atoms with van der Waals surface area (Å²) in [6.07, 6.45) is -6.15. The molecule has 0 bridgehead atoms. The van der Waals surface area contributed by atoms with Crippen molar-refractivity contribution in [3.8, 4) is 11.5 Å². The van der Waals surface area contributed by atoms with Crippen molar-refractivity contribution in [2.24, 2.45) is 0 Å². The van der Waals surface area contributed by atoms with Gasteiger partial charge in [-0.05, 0) is 18.2 Å². The van der Waals surface area contributed by atoms with Crippen molar-refractivity contribution in [2.75, 3.05) is 5.73 Å². The molecule has 0 aromatic heterocycles. The van der Waals surface area contributed by atoms with Crippen molar-refractivity contribution in [1.82, 2.24) is 0 Å². The molecule has 3 rings (SSSR count). The molecule has 1 atom stereocenters. The molecule has 0 aliphatic carbocycles. The maximum Gasteiger partial charge on any atom is 0.457 e. The molecule has 8 heteroatoms. The largest absolute Gasteiger partial charge is 0.457 e. The van der Waals surface area contributed by atoms with Crippen molar-refractivity contribution in [3.63, 3.8) is 0 Å². The van der Waals surface area contributed by atoms with Crippen LogP contribution in [-0.4, -0.2) is 12.1 Å². The summed E-state index contributed by atoms with van der Waals surface area (Å²) in [5.74, 6) is -6.17. The summed E-state index contributed by atoms with van der Waals surface area (Å²) in [5, 5.41) is 0. The van der Waals surface area contributed by atoms with Gasteiger partial charge >= 0.3 is 12.1 Å². The van der Waals surface area contributed by atoms with E-state index in [2.05, 4.69) is 0 Å². The van der Waals surface area contributed by atoms with Gasteiger partial charge in [-0.25, -0.2) is 4.39 Å². The summed E-state index contributed by atoms with van der Waals surface area (Å²) in [7, 11) is 0. The fourth-order valence-corrected chi connectivity index (χ4v) is 2.91. The van der Waals surface area contributed by atoms with Crippen LogP contribution in [0.2, 0.25) is 0 Å². The number of alkyl halides is 6. The number of nitrogens with two attached hydrogens (primary N) is 1. The summed E-state index contributed by atoms with van der Waals surface area (Å²) in [6, 6.07) is 15.7. The fourth-order valence-electron chi connectivity index (χ4n) is 2.91. The van der Waals surface area contributed by atoms with Crippen LogP contribution in [-0.2, 0) is 5.67 Å². The Labute approximate surface area is 162 Å². The fraction of sp³-hybridized carbons (Fsp3) is 0.143. The van der Waals surface area contributed by atoms with Crippen molar-refractivity contribution in [2.45, 2.75) is 17.8 Å². The Balaban J connectivity index is 2.23. The molecule has 29 heavy (non-hydrogen) atoms. The van der Waals surface area contributed by atoms with E-state index < -0.39 is 34.6 Å². The maximum atomic E-state index is 16.0. The maximum absolute atomic E-state index is 16.0. The molecule has 3 aromatic rings. The molecule has 0 amide bonds. The third-order valence-corrected chi connectivity index (χ3v) is 4.30. The predicted molar refractivity (Wildman–Crippen MR) is 96.7 cm³/mol. The molecule has 0 heterocycles. The summed E-state index contributed by atoms with van der Waals surface area (Å²) in [4.78, 5) is 0. The van der Waals surface area contributed by atoms with Gasteiger partial charge in [-0.3, -0.25) is 0 Å². The zero-order valence-electron chi connectivity index (χ0n) is 14.8. The van der Waals surface area contributed by atoms with E-state index in [4.69, 9.17) is 10.5 Å². The number of benzene rings is 3. The van der Waals surface area contributed by atoms with Crippen molar-refractivity contribution >= 4 is 5.69 Å². The van der Waals surface area contributed by atoms with E-state index in [1.165, 1.54) is 48.5 Å². The second kappa shape index (κ2) is 7.35. The normalized spacial score (nSPS) is 14.3. The highest BCUT2D eigenvalue weighted by Crippen LogP contribution is 2.56. The summed E-state index contributed by atoms with van der Waals surface area (Å²) < 4.78 is 90.4. The van der Waals surface area contributed by atoms with Crippen LogP contribution in [0.25, 0.3) is 0 Å². The van der Waals surface area contributed by atoms with E-state index in [1.807, 2.05) is 0 Å². The van der Waals surface area contributed by atoms with Crippen LogP contribution >= 0.6 is 0 Å². The Morgan fingerprint density at radius 3 is 1.93 bits per heavy atom. The Bertz CT molecular complexity index is 990. The van der Waals surface area contributed by atoms with Gasteiger partial charge in [-0.1, -0.05) is 54.6 Å². The van der Waals surface area contributed by atoms with E-state index in [0.29, 0.717) is 0 Å². The highest BCUT2D eigenvalue weighted by molar-refractivity contribution is 5.51. The van der Waals surface area contributed by atoms with Gasteiger partial charge in [0.1, 0.15) is 11.5 Å². The molecule has 3 aromatic carbocycles. The molecular formula is C21H15F6NO. The lowest BCUT2D eigenvalue weighted by Gasteiger charge is -2.36. The first-order valence-corrected chi connectivity index (χ1v) is 8.39. The van der Waals surface area contributed by atoms with Gasteiger partial charge in [0.2, 0.25) is 5.67 Å². The van der Waals surface area contributed by atoms with Gasteiger partial charge < -0.3 is 10.5 Å². The first kappa shape index (κ1) is 20.6. The molecule has 0 aliphatic heterocycles. The first-order valence-electron chi connectivity index (χ1n) is 8.39. The predicted octanol–water partition coefficient (Wildman–Crippen LogP) is 6.47. The van der Waals surface area contributed by atoms with Crippen molar-refractivity contribution in [3.05, 3.63) is 90.0 Å². The molecule has 0 radical (unpaired) electrons. The van der Waals surface area contributed by atoms with Gasteiger partial charge in [0.15, 0.2) is 0 Å². The third-order valence-electron chi connectivity index (χ3n) is 4.30. The van der Waals surface area contributed by atoms with Gasteiger partial charge in [-0.2, -0.15) is 22.0 Å². The number of hydrogen-bond acceptors (Lipinski definition) is 2. The summed E-state index contributed by atoms with van der Waals surface area (Å²) >= 11 is 0. The van der Waals surface area contributed by atoms with E-state index >= 15 is 4.39 Å². The minimum absolute atomic E-state index is 0.0585. The highest BCUT2D eigenvalue weighted by Gasteiger charge is 2.73. The quantitative estimate of drug-likeness (QED) is 0.386. The SMILES string of the molecule is Nc1cccc(Oc2ccccc2C(F)(c2ccccc2)C(F)(F)C(F)(F)F)c1. The van der Waals surface area contributed by atoms with Crippen molar-refractivity contribution < 1.29 is 31.1 Å². The molecule has 0 spiro atoms. The van der Waals surface area contributed by atoms with Gasteiger partial charge in [0.05, 0.1) is 0 Å². The van der Waals surface area contributed by atoms with Crippen LogP contribution in [0.15, 0.2) is 78.9 Å². The number of para-hydroxylation sites is 1. The molecule has 2 nitrogen and oxygen atoms in total. The van der Waals surface area contributed by atoms with Crippen molar-refractivity contribution in [1.29, 1.82) is 0 Å². The van der Waals surface area contributed by atoms with Gasteiger partial charge in [0.25, 0.3) is 0 Å². The zero-order valence-corrected chi connectivity index (χ0v) is 14.8. The molecule has 2 N–H and O–H groups in total. The highest BCUT2D eigenvalue weighted by atomic mass is 19.4. The van der Waals surface area contributed by atoms with Crippen LogP contribution in [0, 0.1) is 0 Å². The molecular weight excluding hydrogens is 396 g/mol. The number of ether oxygens (including phenoxy) is 1. The average Bonchev–Trinajstić information content (AvgIpc) is 2.67. The minimum Gasteiger partial charge on any atom is -0.457 e. The Morgan fingerprint density at radius 1 is 0.690 bits per heavy atom. The van der Waals surface area contributed by atoms with Crippen LogP contribution in [0.4, 0.5) is 32.0 Å². The second-order valence-corrected chi connectivity index (χ2v) is 6.27. The van der Waals surface area contributed by atoms with E-state index in [-0.39, 0.29) is 11.4 Å². The van der Waals surface area contributed by atoms with Crippen LogP contribution in [0.3, 0.4) is 0 Å². The van der Waals surface area contributed by atoms with Gasteiger partial charge in [0, 0.05) is 22.9 Å². The summed E-state index contributed by atoms with van der Waals surface area (Å²) in [5.41, 5.74) is -0.146. The topological polar surface area (TPSA) is 35.2 Å². The number of halogens is 6. The Kier molecular flexibility index (Phi) is 5.21. The standard InChI is InChI=1S/C21H15F6NO/c22-19(14-7-2-1-3-8-14,20(23,24)21(25,26)27)17-11-4-5-12-18(17)29-16-10-6-9-15(28)13-16/h1-13H,28H2. The van der Waals surface area contributed by atoms with Crippen LogP contribution < -0.4 is 10.5 Å². The average molecular weight is 411 g/mol. The monoisotopic (exact) mass is 411 g/mol. The molecule has 1 unspecified atom stereocenters. The lowest BCUT2D eigenvalue weighted by molar-refractivity contribution is -0.323. The molecule has 152 valence electrons. The number of nitrogen functional groups attached to an aromatic ring is 1. The Hall–Kier alpha value is -3.16. The van der Waals surface area contributed by atoms with Gasteiger partial charge in [-0.15, -0.1) is 0 Å². The number of hydrogen-bond donors (Lipinski definition) is 1. The molecule has 0 saturated heterocycles. The van der Waals surface area contributed by atoms with E-state index in [1.54, 1.807) is 0 Å². The molecule has 0 aliphatic rings. The third kappa shape index (κ3) is 3.62. The molecule has 0 saturated carbocycles. The smallest absolute Gasteiger partial charge is 0.457 e. The minimum atomic E-state index is -6.15. The van der Waals surface area contributed by atoms with Crippen LogP contribution in [0.5, 0.6) is 11.5 Å². The first-order chi connectivity index (χ1) is 13.6. The lowest BCUT2D eigenvalue weighted by Crippen LogP contribution is -2.53. The zero-order chi connectivity index (χ0) is 21.3. The van der Waals surface area contributed by atoms with E-state index in [0.717, 1.165) is 30.3 Å². The Morgan fingerprint density at radius 2 is 1.31 bits per heavy atom. The second-order valence-electron chi connectivity index (χ2n) is 6.27. The van der Waals surface area contributed by atoms with Crippen LogP contribution in [0.1, 0.15) is 11.1 Å². The summed E-state index contributed by atoms with van der Waals surface area (Å²) in [6.45, 7) is 0. The number of anilines is 1. The molecule has 0 fully saturated rings. The lowest BCUT2D eigenvalue weighted by atomic mass is 9.81. The van der Waals surface area contributed by atoms with E-state index in [9.17, 15) is 22.0 Å².